The minimum Gasteiger partial charge on any atom is -0.496 e. The number of methoxy groups -OCH3 is 1. The Labute approximate surface area is 113 Å². The fraction of sp³-hybridized carbons (Fsp3) is 0.429. The minimum absolute atomic E-state index is 0.358. The molecule has 0 aliphatic carbocycles. The van der Waals surface area contributed by atoms with E-state index in [-0.39, 0.29) is 5.54 Å². The molecule has 19 heavy (non-hydrogen) atoms. The summed E-state index contributed by atoms with van der Waals surface area (Å²) < 4.78 is 10.7. The molecule has 1 aromatic carbocycles. The van der Waals surface area contributed by atoms with Gasteiger partial charge in [-0.15, -0.1) is 0 Å². The fourth-order valence-electron chi connectivity index (χ4n) is 1.68. The van der Waals surface area contributed by atoms with E-state index in [0.717, 1.165) is 16.9 Å². The second kappa shape index (κ2) is 5.01. The van der Waals surface area contributed by atoms with Crippen LogP contribution < -0.4 is 10.1 Å². The first-order chi connectivity index (χ1) is 8.97. The monoisotopic (exact) mass is 261 g/mol. The zero-order chi connectivity index (χ0) is 14.0. The van der Waals surface area contributed by atoms with E-state index in [4.69, 9.17) is 9.26 Å². The molecule has 0 radical (unpaired) electrons. The molecule has 0 aliphatic heterocycles. The third-order valence-electron chi connectivity index (χ3n) is 3.18. The summed E-state index contributed by atoms with van der Waals surface area (Å²) in [4.78, 5) is 4.44. The molecule has 0 fully saturated rings. The molecule has 0 saturated carbocycles. The van der Waals surface area contributed by atoms with Crippen molar-refractivity contribution in [2.24, 2.45) is 0 Å². The Hall–Kier alpha value is -1.88. The van der Waals surface area contributed by atoms with E-state index >= 15 is 0 Å². The number of hydrogen-bond acceptors (Lipinski definition) is 5. The quantitative estimate of drug-likeness (QED) is 0.916. The average Bonchev–Trinajstić information content (AvgIpc) is 2.88. The molecular weight excluding hydrogens is 242 g/mol. The third kappa shape index (κ3) is 2.61. The number of nitrogens with one attached hydrogen (secondary N) is 1. The molecular formula is C14H19N3O2. The van der Waals surface area contributed by atoms with Gasteiger partial charge in [-0.1, -0.05) is 11.2 Å². The van der Waals surface area contributed by atoms with Gasteiger partial charge in [0.05, 0.1) is 18.2 Å². The smallest absolute Gasteiger partial charge is 0.246 e. The summed E-state index contributed by atoms with van der Waals surface area (Å²) >= 11 is 0. The summed E-state index contributed by atoms with van der Waals surface area (Å²) in [5.74, 6) is 1.83. The zero-order valence-corrected chi connectivity index (χ0v) is 11.9. The lowest BCUT2D eigenvalue weighted by molar-refractivity contribution is 0.281. The molecule has 0 spiro atoms. The van der Waals surface area contributed by atoms with Crippen LogP contribution >= 0.6 is 0 Å². The van der Waals surface area contributed by atoms with Crippen molar-refractivity contribution in [2.75, 3.05) is 14.2 Å². The highest BCUT2D eigenvalue weighted by Gasteiger charge is 2.26. The molecule has 0 bridgehead atoms. The van der Waals surface area contributed by atoms with Crippen LogP contribution in [0.25, 0.3) is 11.4 Å². The Bertz CT molecular complexity index is 576. The maximum atomic E-state index is 5.36. The largest absolute Gasteiger partial charge is 0.496 e. The van der Waals surface area contributed by atoms with Gasteiger partial charge in [0.15, 0.2) is 0 Å². The zero-order valence-electron chi connectivity index (χ0n) is 11.9. The number of benzene rings is 1. The van der Waals surface area contributed by atoms with Gasteiger partial charge in [-0.2, -0.15) is 4.98 Å². The Kier molecular flexibility index (Phi) is 3.57. The van der Waals surface area contributed by atoms with E-state index in [9.17, 15) is 0 Å². The summed E-state index contributed by atoms with van der Waals surface area (Å²) in [6.45, 7) is 5.98. The fourth-order valence-corrected chi connectivity index (χ4v) is 1.68. The van der Waals surface area contributed by atoms with Crippen LogP contribution in [0.3, 0.4) is 0 Å². The van der Waals surface area contributed by atoms with Crippen molar-refractivity contribution in [3.8, 4) is 17.1 Å². The number of aryl methyl sites for hydroxylation is 1. The lowest BCUT2D eigenvalue weighted by atomic mass is 10.1. The van der Waals surface area contributed by atoms with Gasteiger partial charge in [0.1, 0.15) is 5.75 Å². The highest BCUT2D eigenvalue weighted by molar-refractivity contribution is 5.64. The molecule has 1 N–H and O–H groups in total. The van der Waals surface area contributed by atoms with Crippen molar-refractivity contribution in [3.63, 3.8) is 0 Å². The first-order valence-electron chi connectivity index (χ1n) is 6.16. The van der Waals surface area contributed by atoms with Crippen LogP contribution in [-0.2, 0) is 5.54 Å². The van der Waals surface area contributed by atoms with E-state index in [0.29, 0.717) is 11.7 Å². The van der Waals surface area contributed by atoms with Crippen molar-refractivity contribution >= 4 is 0 Å². The molecule has 2 aromatic rings. The maximum Gasteiger partial charge on any atom is 0.246 e. The van der Waals surface area contributed by atoms with Crippen LogP contribution in [0.5, 0.6) is 5.75 Å². The van der Waals surface area contributed by atoms with Gasteiger partial charge in [-0.05, 0) is 45.5 Å². The summed E-state index contributed by atoms with van der Waals surface area (Å²) in [7, 11) is 3.49. The van der Waals surface area contributed by atoms with Gasteiger partial charge < -0.3 is 14.6 Å². The lowest BCUT2D eigenvalue weighted by Gasteiger charge is -2.17. The number of rotatable bonds is 4. The lowest BCUT2D eigenvalue weighted by Crippen LogP contribution is -2.33. The molecule has 1 aromatic heterocycles. The van der Waals surface area contributed by atoms with Crippen molar-refractivity contribution in [2.45, 2.75) is 26.3 Å². The minimum atomic E-state index is -0.358. The second-order valence-corrected chi connectivity index (χ2v) is 5.00. The highest BCUT2D eigenvalue weighted by Crippen LogP contribution is 2.30. The molecule has 0 atom stereocenters. The number of nitrogens with zero attached hydrogens (tertiary/aromatic N) is 2. The van der Waals surface area contributed by atoms with Crippen molar-refractivity contribution in [3.05, 3.63) is 29.7 Å². The topological polar surface area (TPSA) is 60.2 Å². The van der Waals surface area contributed by atoms with Gasteiger partial charge in [0, 0.05) is 0 Å². The molecule has 1 heterocycles. The van der Waals surface area contributed by atoms with Crippen LogP contribution in [-0.4, -0.2) is 24.3 Å². The van der Waals surface area contributed by atoms with Crippen LogP contribution in [0, 0.1) is 6.92 Å². The van der Waals surface area contributed by atoms with Gasteiger partial charge in [0.25, 0.3) is 0 Å². The third-order valence-corrected chi connectivity index (χ3v) is 3.18. The molecule has 5 heteroatoms. The van der Waals surface area contributed by atoms with Crippen LogP contribution in [0.15, 0.2) is 22.7 Å². The molecule has 2 rings (SSSR count). The van der Waals surface area contributed by atoms with E-state index in [1.165, 1.54) is 0 Å². The average molecular weight is 261 g/mol. The molecule has 0 unspecified atom stereocenters. The van der Waals surface area contributed by atoms with Crippen molar-refractivity contribution < 1.29 is 9.26 Å². The van der Waals surface area contributed by atoms with E-state index < -0.39 is 0 Å². The first-order valence-corrected chi connectivity index (χ1v) is 6.16. The summed E-state index contributed by atoms with van der Waals surface area (Å²) in [6.07, 6.45) is 0. The maximum absolute atomic E-state index is 5.36. The Morgan fingerprint density at radius 3 is 2.68 bits per heavy atom. The van der Waals surface area contributed by atoms with Gasteiger partial charge in [-0.3, -0.25) is 0 Å². The first kappa shape index (κ1) is 13.5. The van der Waals surface area contributed by atoms with Gasteiger partial charge in [0.2, 0.25) is 11.7 Å². The predicted molar refractivity (Wildman–Crippen MR) is 73.1 cm³/mol. The Balaban J connectivity index is 2.44. The Morgan fingerprint density at radius 1 is 1.32 bits per heavy atom. The van der Waals surface area contributed by atoms with Crippen LogP contribution in [0.4, 0.5) is 0 Å². The highest BCUT2D eigenvalue weighted by atomic mass is 16.5. The van der Waals surface area contributed by atoms with E-state index in [1.807, 2.05) is 46.0 Å². The van der Waals surface area contributed by atoms with Crippen molar-refractivity contribution in [1.82, 2.24) is 15.5 Å². The summed E-state index contributed by atoms with van der Waals surface area (Å²) in [6, 6.07) is 5.89. The summed E-state index contributed by atoms with van der Waals surface area (Å²) in [5.41, 5.74) is 1.60. The van der Waals surface area contributed by atoms with Crippen LogP contribution in [0.1, 0.15) is 25.3 Å². The molecule has 0 amide bonds. The number of ether oxygens (including phenoxy) is 1. The molecule has 102 valence electrons. The SMILES string of the molecule is CNC(C)(C)c1nc(-c2ccc(C)cc2OC)no1. The number of aromatic nitrogens is 2. The predicted octanol–water partition coefficient (Wildman–Crippen LogP) is 2.51. The summed E-state index contributed by atoms with van der Waals surface area (Å²) in [5, 5.41) is 7.17. The van der Waals surface area contributed by atoms with Gasteiger partial charge >= 0.3 is 0 Å². The standard InChI is InChI=1S/C14H19N3O2/c1-9-6-7-10(11(8-9)18-5)12-16-13(19-17-12)14(2,3)15-4/h6-8,15H,1-5H3. The number of hydrogen-bond donors (Lipinski definition) is 1. The van der Waals surface area contributed by atoms with Gasteiger partial charge in [-0.25, -0.2) is 0 Å². The second-order valence-electron chi connectivity index (χ2n) is 5.00. The molecule has 0 aliphatic rings. The normalized spacial score (nSPS) is 11.6. The van der Waals surface area contributed by atoms with E-state index in [2.05, 4.69) is 15.5 Å². The molecule has 0 saturated heterocycles. The Morgan fingerprint density at radius 2 is 2.05 bits per heavy atom. The van der Waals surface area contributed by atoms with E-state index in [1.54, 1.807) is 7.11 Å². The molecule has 5 nitrogen and oxygen atoms in total. The van der Waals surface area contributed by atoms with Crippen molar-refractivity contribution in [1.29, 1.82) is 0 Å². The van der Waals surface area contributed by atoms with Crippen LogP contribution in [0.2, 0.25) is 0 Å².